The van der Waals surface area contributed by atoms with Gasteiger partial charge in [-0.3, -0.25) is 4.79 Å². The van der Waals surface area contributed by atoms with Crippen molar-refractivity contribution < 1.29 is 9.53 Å². The van der Waals surface area contributed by atoms with E-state index in [1.165, 1.54) is 19.2 Å². The molecule has 3 heterocycles. The molecule has 1 aliphatic heterocycles. The number of rotatable bonds is 7. The summed E-state index contributed by atoms with van der Waals surface area (Å²) in [6, 6.07) is 4.12. The number of pyridine rings is 1. The van der Waals surface area contributed by atoms with E-state index in [-0.39, 0.29) is 11.8 Å². The second-order valence-corrected chi connectivity index (χ2v) is 10.3. The zero-order valence-corrected chi connectivity index (χ0v) is 20.6. The van der Waals surface area contributed by atoms with E-state index in [9.17, 15) is 4.79 Å². The van der Waals surface area contributed by atoms with Gasteiger partial charge in [-0.25, -0.2) is 14.6 Å². The molecule has 32 heavy (non-hydrogen) atoms. The van der Waals surface area contributed by atoms with Gasteiger partial charge in [0.05, 0.1) is 40.5 Å². The number of hydrogen-bond donors (Lipinski definition) is 0. The van der Waals surface area contributed by atoms with Crippen molar-refractivity contribution in [3.05, 3.63) is 39.3 Å². The molecule has 1 aromatic carbocycles. The van der Waals surface area contributed by atoms with E-state index >= 15 is 0 Å². The molecule has 1 aliphatic carbocycles. The molecule has 2 aromatic heterocycles. The number of benzene rings is 1. The van der Waals surface area contributed by atoms with E-state index in [0.717, 1.165) is 29.9 Å². The van der Waals surface area contributed by atoms with Crippen LogP contribution in [0.3, 0.4) is 0 Å². The van der Waals surface area contributed by atoms with Gasteiger partial charge in [-0.15, -0.1) is 0 Å². The Morgan fingerprint density at radius 1 is 1.31 bits per heavy atom. The molecule has 1 saturated heterocycles. The van der Waals surface area contributed by atoms with E-state index in [0.29, 0.717) is 45.1 Å². The fourth-order valence-electron chi connectivity index (χ4n) is 4.46. The van der Waals surface area contributed by atoms with Gasteiger partial charge in [0.15, 0.2) is 0 Å². The topological polar surface area (TPSA) is 73.1 Å². The summed E-state index contributed by atoms with van der Waals surface area (Å²) in [6.45, 7) is 3.51. The molecule has 7 nitrogen and oxygen atoms in total. The predicted octanol–water partition coefficient (Wildman–Crippen LogP) is 5.24. The highest BCUT2D eigenvalue weighted by Gasteiger charge is 2.52. The minimum absolute atomic E-state index is 0.137. The molecule has 1 saturated carbocycles. The first-order valence-corrected chi connectivity index (χ1v) is 12.1. The molecule has 168 valence electrons. The lowest BCUT2D eigenvalue weighted by atomic mass is 10.0. The molecule has 2 aliphatic rings. The van der Waals surface area contributed by atoms with Crippen LogP contribution >= 0.6 is 39.1 Å². The second kappa shape index (κ2) is 8.56. The normalized spacial score (nSPS) is 19.2. The molecule has 0 radical (unpaired) electrons. The van der Waals surface area contributed by atoms with Gasteiger partial charge in [0.1, 0.15) is 24.3 Å². The molecule has 2 fully saturated rings. The van der Waals surface area contributed by atoms with E-state index in [4.69, 9.17) is 32.9 Å². The first kappa shape index (κ1) is 22.1. The van der Waals surface area contributed by atoms with Crippen molar-refractivity contribution in [2.24, 2.45) is 5.41 Å². The highest BCUT2D eigenvalue weighted by molar-refractivity contribution is 9.10. The summed E-state index contributed by atoms with van der Waals surface area (Å²) in [5, 5.41) is 5.99. The van der Waals surface area contributed by atoms with Crippen LogP contribution in [0.5, 0.6) is 0 Å². The number of carbonyl (C=O) groups is 1. The second-order valence-electron chi connectivity index (χ2n) is 8.73. The van der Waals surface area contributed by atoms with Crippen molar-refractivity contribution in [3.8, 4) is 5.69 Å². The van der Waals surface area contributed by atoms with Gasteiger partial charge in [-0.1, -0.05) is 23.2 Å². The molecule has 0 bridgehead atoms. The van der Waals surface area contributed by atoms with Crippen molar-refractivity contribution in [2.75, 3.05) is 24.7 Å². The molecule has 0 N–H and O–H groups in total. The number of hydrogen-bond acceptors (Lipinski definition) is 6. The number of ether oxygens (including phenoxy) is 1. The van der Waals surface area contributed by atoms with Crippen molar-refractivity contribution in [1.82, 2.24) is 19.7 Å². The summed E-state index contributed by atoms with van der Waals surface area (Å²) in [5.74, 6) is 0.950. The van der Waals surface area contributed by atoms with Crippen LogP contribution in [0, 0.1) is 5.41 Å². The molecule has 0 amide bonds. The van der Waals surface area contributed by atoms with Gasteiger partial charge in [0.2, 0.25) is 0 Å². The monoisotopic (exact) mass is 537 g/mol. The van der Waals surface area contributed by atoms with Crippen LogP contribution in [0.25, 0.3) is 16.6 Å². The molecule has 0 unspecified atom stereocenters. The highest BCUT2D eigenvalue weighted by Crippen LogP contribution is 2.55. The zero-order valence-electron chi connectivity index (χ0n) is 17.5. The first-order chi connectivity index (χ1) is 15.4. The van der Waals surface area contributed by atoms with Gasteiger partial charge in [0, 0.05) is 28.9 Å². The number of halogens is 3. The summed E-state index contributed by atoms with van der Waals surface area (Å²) in [6.07, 6.45) is 7.08. The smallest absolute Gasteiger partial charge is 0.138 e. The SMILES string of the molecule is CC(=O)CCOC[C@@H]1CC2(CC2)CN1c1cc(-n2cncn2)c2cc(Br)c(Cl)c(Cl)c2n1. The average Bonchev–Trinajstić information content (AvgIpc) is 3.15. The standard InChI is InChI=1S/C22H22BrCl2N5O2/c1-13(31)2-5-32-9-14-8-22(3-4-22)10-29(14)18-7-17(30-12-26-11-27-30)15-6-16(23)19(24)20(25)21(15)28-18/h6-7,11-12,14H,2-5,8-10H2,1H3/t14-/m0/s1. The van der Waals surface area contributed by atoms with Gasteiger partial charge < -0.3 is 9.64 Å². The lowest BCUT2D eigenvalue weighted by molar-refractivity contribution is -0.118. The lowest BCUT2D eigenvalue weighted by Crippen LogP contribution is -2.34. The largest absolute Gasteiger partial charge is 0.379 e. The molecule has 5 rings (SSSR count). The maximum atomic E-state index is 11.3. The van der Waals surface area contributed by atoms with Crippen LogP contribution in [-0.4, -0.2) is 51.3 Å². The van der Waals surface area contributed by atoms with Gasteiger partial charge in [0.25, 0.3) is 0 Å². The van der Waals surface area contributed by atoms with E-state index < -0.39 is 0 Å². The third-order valence-corrected chi connectivity index (χ3v) is 8.06. The Labute approximate surface area is 204 Å². The van der Waals surface area contributed by atoms with Crippen LogP contribution in [0.2, 0.25) is 10.0 Å². The quantitative estimate of drug-likeness (QED) is 0.302. The van der Waals surface area contributed by atoms with Crippen LogP contribution in [-0.2, 0) is 9.53 Å². The fourth-order valence-corrected chi connectivity index (χ4v) is 5.39. The minimum Gasteiger partial charge on any atom is -0.379 e. The third kappa shape index (κ3) is 4.14. The van der Waals surface area contributed by atoms with Crippen LogP contribution in [0.1, 0.15) is 32.6 Å². The summed E-state index contributed by atoms with van der Waals surface area (Å²) < 4.78 is 8.29. The maximum Gasteiger partial charge on any atom is 0.138 e. The van der Waals surface area contributed by atoms with Crippen molar-refractivity contribution >= 4 is 61.6 Å². The van der Waals surface area contributed by atoms with E-state index in [1.54, 1.807) is 17.9 Å². The van der Waals surface area contributed by atoms with Gasteiger partial charge in [-0.05, 0) is 53.6 Å². The van der Waals surface area contributed by atoms with Crippen molar-refractivity contribution in [3.63, 3.8) is 0 Å². The number of fused-ring (bicyclic) bond motifs is 1. The lowest BCUT2D eigenvalue weighted by Gasteiger charge is -2.27. The van der Waals surface area contributed by atoms with Crippen LogP contribution in [0.4, 0.5) is 5.82 Å². The van der Waals surface area contributed by atoms with Crippen molar-refractivity contribution in [1.29, 1.82) is 0 Å². The Morgan fingerprint density at radius 2 is 2.12 bits per heavy atom. The number of anilines is 1. The Hall–Kier alpha value is -1.74. The number of Topliss-reactive ketones (excluding diaryl/α,β-unsaturated/α-hetero) is 1. The Kier molecular flexibility index (Phi) is 5.90. The van der Waals surface area contributed by atoms with E-state index in [2.05, 4.69) is 30.9 Å². The predicted molar refractivity (Wildman–Crippen MR) is 128 cm³/mol. The Morgan fingerprint density at radius 3 is 2.81 bits per heavy atom. The van der Waals surface area contributed by atoms with Crippen molar-refractivity contribution in [2.45, 2.75) is 38.6 Å². The first-order valence-electron chi connectivity index (χ1n) is 10.5. The number of aromatic nitrogens is 4. The number of ketones is 1. The Bertz CT molecular complexity index is 1180. The summed E-state index contributed by atoms with van der Waals surface area (Å²) in [4.78, 5) is 22.6. The summed E-state index contributed by atoms with van der Waals surface area (Å²) in [7, 11) is 0. The molecular formula is C22H22BrCl2N5O2. The number of carbonyl (C=O) groups excluding carboxylic acids is 1. The van der Waals surface area contributed by atoms with Gasteiger partial charge in [-0.2, -0.15) is 5.10 Å². The highest BCUT2D eigenvalue weighted by atomic mass is 79.9. The molecule has 1 atom stereocenters. The molecular weight excluding hydrogens is 517 g/mol. The Balaban J connectivity index is 1.56. The zero-order chi connectivity index (χ0) is 22.5. The average molecular weight is 539 g/mol. The van der Waals surface area contributed by atoms with E-state index in [1.807, 2.05) is 12.1 Å². The van der Waals surface area contributed by atoms with Crippen LogP contribution < -0.4 is 4.90 Å². The molecule has 3 aromatic rings. The summed E-state index contributed by atoms with van der Waals surface area (Å²) >= 11 is 16.5. The number of nitrogens with zero attached hydrogens (tertiary/aromatic N) is 5. The minimum atomic E-state index is 0.137. The van der Waals surface area contributed by atoms with Gasteiger partial charge >= 0.3 is 0 Å². The molecule has 10 heteroatoms. The molecule has 1 spiro atoms. The summed E-state index contributed by atoms with van der Waals surface area (Å²) in [5.41, 5.74) is 1.78. The maximum absolute atomic E-state index is 11.3. The fraction of sp³-hybridized carbons (Fsp3) is 0.455. The van der Waals surface area contributed by atoms with Crippen LogP contribution in [0.15, 0.2) is 29.3 Å². The third-order valence-electron chi connectivity index (χ3n) is 6.35.